The van der Waals surface area contributed by atoms with Crippen molar-refractivity contribution in [1.29, 1.82) is 0 Å². The third-order valence-electron chi connectivity index (χ3n) is 3.37. The van der Waals surface area contributed by atoms with Crippen LogP contribution in [0.2, 0.25) is 0 Å². The standard InChI is InChI=1S/C15H15BrN4O2/c1-8-5-13-10(6-11(8)16)14-19-12(15(21)18-9(2)17)7-20(14)3-4-22-13/h5-7H,3-4H2,1-2H3,(H2,17,18,21). The molecule has 1 aromatic carbocycles. The highest BCUT2D eigenvalue weighted by molar-refractivity contribution is 9.10. The van der Waals surface area contributed by atoms with E-state index in [4.69, 9.17) is 10.5 Å². The Bertz CT molecular complexity index is 791. The molecule has 0 atom stereocenters. The van der Waals surface area contributed by atoms with Crippen molar-refractivity contribution in [3.8, 4) is 17.1 Å². The van der Waals surface area contributed by atoms with E-state index in [0.717, 1.165) is 21.3 Å². The maximum absolute atomic E-state index is 12.0. The van der Waals surface area contributed by atoms with E-state index in [1.807, 2.05) is 23.6 Å². The quantitative estimate of drug-likeness (QED) is 0.624. The zero-order chi connectivity index (χ0) is 15.9. The summed E-state index contributed by atoms with van der Waals surface area (Å²) in [6.45, 7) is 4.71. The van der Waals surface area contributed by atoms with E-state index in [2.05, 4.69) is 25.9 Å². The lowest BCUT2D eigenvalue weighted by Gasteiger charge is -2.08. The van der Waals surface area contributed by atoms with Gasteiger partial charge >= 0.3 is 0 Å². The van der Waals surface area contributed by atoms with Crippen molar-refractivity contribution in [2.45, 2.75) is 20.4 Å². The molecule has 1 aliphatic heterocycles. The van der Waals surface area contributed by atoms with Crippen LogP contribution in [0.5, 0.6) is 5.75 Å². The van der Waals surface area contributed by atoms with Gasteiger partial charge in [0.2, 0.25) is 0 Å². The second-order valence-electron chi connectivity index (χ2n) is 5.15. The van der Waals surface area contributed by atoms with Gasteiger partial charge in [-0.3, -0.25) is 4.79 Å². The van der Waals surface area contributed by atoms with Gasteiger partial charge in [0.15, 0.2) is 0 Å². The first-order valence-corrected chi connectivity index (χ1v) is 7.60. The van der Waals surface area contributed by atoms with Crippen molar-refractivity contribution in [1.82, 2.24) is 9.55 Å². The smallest absolute Gasteiger partial charge is 0.298 e. The maximum atomic E-state index is 12.0. The monoisotopic (exact) mass is 362 g/mol. The topological polar surface area (TPSA) is 82.5 Å². The van der Waals surface area contributed by atoms with Gasteiger partial charge in [-0.15, -0.1) is 0 Å². The van der Waals surface area contributed by atoms with Crippen LogP contribution in [0.4, 0.5) is 0 Å². The number of aromatic nitrogens is 2. The normalized spacial score (nSPS) is 13.9. The predicted molar refractivity (Wildman–Crippen MR) is 87.2 cm³/mol. The molecule has 0 saturated carbocycles. The minimum absolute atomic E-state index is 0.218. The third-order valence-corrected chi connectivity index (χ3v) is 4.22. The van der Waals surface area contributed by atoms with Gasteiger partial charge in [0, 0.05) is 10.7 Å². The molecule has 1 amide bonds. The number of amidine groups is 1. The number of rotatable bonds is 1. The van der Waals surface area contributed by atoms with Crippen LogP contribution in [0.25, 0.3) is 11.4 Å². The summed E-state index contributed by atoms with van der Waals surface area (Å²) in [5.74, 6) is 1.24. The predicted octanol–water partition coefficient (Wildman–Crippen LogP) is 2.53. The number of halogens is 1. The number of aryl methyl sites for hydroxylation is 1. The van der Waals surface area contributed by atoms with E-state index in [1.54, 1.807) is 13.1 Å². The van der Waals surface area contributed by atoms with Crippen LogP contribution in [0.1, 0.15) is 23.0 Å². The molecule has 22 heavy (non-hydrogen) atoms. The van der Waals surface area contributed by atoms with Crippen molar-refractivity contribution in [3.63, 3.8) is 0 Å². The minimum Gasteiger partial charge on any atom is -0.491 e. The largest absolute Gasteiger partial charge is 0.491 e. The van der Waals surface area contributed by atoms with Crippen LogP contribution < -0.4 is 10.5 Å². The number of nitrogens with two attached hydrogens (primary N) is 1. The first-order valence-electron chi connectivity index (χ1n) is 6.81. The van der Waals surface area contributed by atoms with E-state index >= 15 is 0 Å². The summed E-state index contributed by atoms with van der Waals surface area (Å²) in [5, 5.41) is 0. The fourth-order valence-corrected chi connectivity index (χ4v) is 2.67. The van der Waals surface area contributed by atoms with E-state index in [1.165, 1.54) is 0 Å². The average Bonchev–Trinajstić information content (AvgIpc) is 2.79. The molecule has 0 spiro atoms. The summed E-state index contributed by atoms with van der Waals surface area (Å²) in [5.41, 5.74) is 7.67. The maximum Gasteiger partial charge on any atom is 0.298 e. The zero-order valence-electron chi connectivity index (χ0n) is 12.3. The number of benzene rings is 1. The van der Waals surface area contributed by atoms with Crippen LogP contribution >= 0.6 is 15.9 Å². The lowest BCUT2D eigenvalue weighted by Crippen LogP contribution is -2.09. The molecule has 2 aromatic rings. The number of amides is 1. The molecule has 114 valence electrons. The van der Waals surface area contributed by atoms with E-state index in [9.17, 15) is 4.79 Å². The molecule has 7 heteroatoms. The lowest BCUT2D eigenvalue weighted by molar-refractivity contribution is 0.0998. The lowest BCUT2D eigenvalue weighted by atomic mass is 10.1. The molecule has 0 bridgehead atoms. The first kappa shape index (κ1) is 14.8. The van der Waals surface area contributed by atoms with Gasteiger partial charge in [0.1, 0.15) is 29.7 Å². The molecule has 0 radical (unpaired) electrons. The van der Waals surface area contributed by atoms with Crippen LogP contribution in [0.3, 0.4) is 0 Å². The van der Waals surface area contributed by atoms with Crippen molar-refractivity contribution in [3.05, 3.63) is 34.1 Å². The number of nitrogens with zero attached hydrogens (tertiary/aromatic N) is 3. The summed E-state index contributed by atoms with van der Waals surface area (Å²) in [6.07, 6.45) is 1.69. The van der Waals surface area contributed by atoms with E-state index < -0.39 is 5.91 Å². The SMILES string of the molecule is C/C(N)=N/C(=O)c1cn2c(n1)-c1cc(Br)c(C)cc1OCC2. The number of hydrogen-bond acceptors (Lipinski definition) is 3. The number of aliphatic imine (C=N–C) groups is 1. The number of hydrogen-bond donors (Lipinski definition) is 1. The minimum atomic E-state index is -0.436. The average molecular weight is 363 g/mol. The molecule has 1 aromatic heterocycles. The summed E-state index contributed by atoms with van der Waals surface area (Å²) < 4.78 is 8.65. The summed E-state index contributed by atoms with van der Waals surface area (Å²) in [7, 11) is 0. The Morgan fingerprint density at radius 2 is 2.27 bits per heavy atom. The molecule has 0 aliphatic carbocycles. The first-order chi connectivity index (χ1) is 10.5. The Labute approximate surface area is 136 Å². The van der Waals surface area contributed by atoms with Crippen molar-refractivity contribution in [2.75, 3.05) is 6.61 Å². The van der Waals surface area contributed by atoms with Gasteiger partial charge in [-0.2, -0.15) is 4.99 Å². The molecule has 0 fully saturated rings. The molecule has 2 N–H and O–H groups in total. The summed E-state index contributed by atoms with van der Waals surface area (Å²) in [4.78, 5) is 20.2. The number of fused-ring (bicyclic) bond motifs is 3. The highest BCUT2D eigenvalue weighted by Gasteiger charge is 2.21. The van der Waals surface area contributed by atoms with Gasteiger partial charge in [-0.1, -0.05) is 15.9 Å². The molecular formula is C15H15BrN4O2. The van der Waals surface area contributed by atoms with Crippen LogP contribution in [-0.4, -0.2) is 27.9 Å². The Hall–Kier alpha value is -2.15. The van der Waals surface area contributed by atoms with Gasteiger partial charge < -0.3 is 15.0 Å². The Kier molecular flexibility index (Phi) is 3.74. The molecule has 1 aliphatic rings. The van der Waals surface area contributed by atoms with Crippen LogP contribution in [0.15, 0.2) is 27.8 Å². The fraction of sp³-hybridized carbons (Fsp3) is 0.267. The highest BCUT2D eigenvalue weighted by Crippen LogP contribution is 2.36. The number of ether oxygens (including phenoxy) is 1. The number of imidazole rings is 1. The van der Waals surface area contributed by atoms with Crippen LogP contribution in [-0.2, 0) is 6.54 Å². The van der Waals surface area contributed by atoms with E-state index in [-0.39, 0.29) is 11.5 Å². The van der Waals surface area contributed by atoms with E-state index in [0.29, 0.717) is 19.0 Å². The van der Waals surface area contributed by atoms with Crippen molar-refractivity contribution in [2.24, 2.45) is 10.7 Å². The number of carbonyl (C=O) groups is 1. The van der Waals surface area contributed by atoms with Gasteiger partial charge in [-0.25, -0.2) is 4.98 Å². The molecule has 2 heterocycles. The fourth-order valence-electron chi connectivity index (χ4n) is 2.32. The molecular weight excluding hydrogens is 348 g/mol. The van der Waals surface area contributed by atoms with Gasteiger partial charge in [-0.05, 0) is 31.5 Å². The van der Waals surface area contributed by atoms with Crippen molar-refractivity contribution >= 4 is 27.7 Å². The number of carbonyl (C=O) groups excluding carboxylic acids is 1. The third kappa shape index (κ3) is 2.64. The molecule has 0 saturated heterocycles. The Balaban J connectivity index is 2.12. The van der Waals surface area contributed by atoms with Gasteiger partial charge in [0.05, 0.1) is 12.1 Å². The second-order valence-corrected chi connectivity index (χ2v) is 6.00. The summed E-state index contributed by atoms with van der Waals surface area (Å²) in [6, 6.07) is 3.92. The summed E-state index contributed by atoms with van der Waals surface area (Å²) >= 11 is 3.52. The Morgan fingerprint density at radius 3 is 3.00 bits per heavy atom. The molecule has 6 nitrogen and oxygen atoms in total. The Morgan fingerprint density at radius 1 is 1.50 bits per heavy atom. The zero-order valence-corrected chi connectivity index (χ0v) is 13.8. The van der Waals surface area contributed by atoms with Crippen LogP contribution in [0, 0.1) is 6.92 Å². The molecule has 3 rings (SSSR count). The van der Waals surface area contributed by atoms with Crippen molar-refractivity contribution < 1.29 is 9.53 Å². The van der Waals surface area contributed by atoms with Gasteiger partial charge in [0.25, 0.3) is 5.91 Å². The molecule has 0 unspecified atom stereocenters. The second kappa shape index (κ2) is 5.57. The highest BCUT2D eigenvalue weighted by atomic mass is 79.9.